The Morgan fingerprint density at radius 2 is 1.73 bits per heavy atom. The topological polar surface area (TPSA) is 141 Å². The van der Waals surface area contributed by atoms with Gasteiger partial charge in [-0.1, -0.05) is 44.2 Å². The number of anilines is 1. The zero-order chi connectivity index (χ0) is 32.4. The average Bonchev–Trinajstić information content (AvgIpc) is 3.51. The van der Waals surface area contributed by atoms with E-state index < -0.39 is 28.3 Å². The Kier molecular flexibility index (Phi) is 12.7. The van der Waals surface area contributed by atoms with E-state index in [1.807, 2.05) is 44.2 Å². The molecule has 4 rings (SSSR count). The molecule has 13 heteroatoms. The van der Waals surface area contributed by atoms with Crippen molar-refractivity contribution in [2.24, 2.45) is 5.92 Å². The van der Waals surface area contributed by atoms with Gasteiger partial charge in [0.15, 0.2) is 0 Å². The van der Waals surface area contributed by atoms with E-state index in [2.05, 4.69) is 27.5 Å². The van der Waals surface area contributed by atoms with Gasteiger partial charge < -0.3 is 30.1 Å². The zero-order valence-corrected chi connectivity index (χ0v) is 27.2. The molecular weight excluding hydrogens is 598 g/mol. The highest BCUT2D eigenvalue weighted by Gasteiger charge is 2.32. The second kappa shape index (κ2) is 16.5. The van der Waals surface area contributed by atoms with E-state index in [0.717, 1.165) is 31.7 Å². The molecule has 0 aliphatic carbocycles. The first kappa shape index (κ1) is 34.8. The largest absolute Gasteiger partial charge is 0.444 e. The first-order valence-electron chi connectivity index (χ1n) is 15.6. The number of rotatable bonds is 14. The van der Waals surface area contributed by atoms with Crippen molar-refractivity contribution in [2.45, 2.75) is 49.8 Å². The first-order valence-corrected chi connectivity index (χ1v) is 17.0. The van der Waals surface area contributed by atoms with Crippen LogP contribution in [0, 0.1) is 5.92 Å². The molecular formula is C32H47N5O7S. The third kappa shape index (κ3) is 10.8. The molecule has 3 atom stereocenters. The predicted octanol–water partition coefficient (Wildman–Crippen LogP) is 2.01. The second-order valence-corrected chi connectivity index (χ2v) is 14.2. The Morgan fingerprint density at radius 3 is 2.36 bits per heavy atom. The third-order valence-corrected chi connectivity index (χ3v) is 9.77. The third-order valence-electron chi connectivity index (χ3n) is 7.93. The van der Waals surface area contributed by atoms with Crippen molar-refractivity contribution in [3.63, 3.8) is 0 Å². The molecule has 0 saturated carbocycles. The van der Waals surface area contributed by atoms with Crippen LogP contribution in [0.15, 0.2) is 59.5 Å². The van der Waals surface area contributed by atoms with E-state index in [1.165, 1.54) is 16.4 Å². The number of aliphatic hydroxyl groups excluding tert-OH is 1. The van der Waals surface area contributed by atoms with E-state index >= 15 is 0 Å². The van der Waals surface area contributed by atoms with Crippen LogP contribution in [0.2, 0.25) is 0 Å². The summed E-state index contributed by atoms with van der Waals surface area (Å²) in [4.78, 5) is 29.7. The average molecular weight is 646 g/mol. The number of likely N-dealkylation sites (N-methyl/N-ethyl adjacent to an activating group) is 1. The van der Waals surface area contributed by atoms with Gasteiger partial charge in [-0.15, -0.1) is 0 Å². The number of nitrogens with zero attached hydrogens (tertiary/aromatic N) is 3. The van der Waals surface area contributed by atoms with E-state index in [4.69, 9.17) is 9.47 Å². The van der Waals surface area contributed by atoms with Gasteiger partial charge in [0.05, 0.1) is 36.8 Å². The zero-order valence-electron chi connectivity index (χ0n) is 26.4. The number of carbonyl (C=O) groups excluding carboxylic acids is 2. The van der Waals surface area contributed by atoms with Gasteiger partial charge in [0.2, 0.25) is 15.9 Å². The molecule has 0 bridgehead atoms. The number of carbonyl (C=O) groups is 2. The molecule has 0 radical (unpaired) electrons. The van der Waals surface area contributed by atoms with Crippen LogP contribution in [0.25, 0.3) is 0 Å². The van der Waals surface area contributed by atoms with Gasteiger partial charge >= 0.3 is 6.09 Å². The number of ether oxygens (including phenoxy) is 2. The van der Waals surface area contributed by atoms with Crippen molar-refractivity contribution in [1.29, 1.82) is 0 Å². The summed E-state index contributed by atoms with van der Waals surface area (Å²) >= 11 is 0. The number of hydrogen-bond donors (Lipinski definition) is 3. The molecule has 0 unspecified atom stereocenters. The molecule has 2 aromatic carbocycles. The highest BCUT2D eigenvalue weighted by Crippen LogP contribution is 2.21. The summed E-state index contributed by atoms with van der Waals surface area (Å²) in [5.74, 6) is -0.191. The number of benzene rings is 2. The minimum Gasteiger partial charge on any atom is -0.444 e. The smallest absolute Gasteiger partial charge is 0.407 e. The van der Waals surface area contributed by atoms with Gasteiger partial charge in [0.1, 0.15) is 6.10 Å². The summed E-state index contributed by atoms with van der Waals surface area (Å²) in [6.07, 6.45) is -1.42. The van der Waals surface area contributed by atoms with E-state index in [0.29, 0.717) is 25.3 Å². The SMILES string of the molecule is CC(C)CN(C[C@H](O)[C@@H](Cc1ccccc1)NC(=O)O[C@H]1CCOC1)S(=O)(=O)c1ccc(NC(=O)CN2CCN(C)CC2)cc1. The van der Waals surface area contributed by atoms with Crippen molar-refractivity contribution >= 4 is 27.7 Å². The fourth-order valence-corrected chi connectivity index (χ4v) is 7.00. The Labute approximate surface area is 266 Å². The van der Waals surface area contributed by atoms with Crippen LogP contribution in [0.4, 0.5) is 10.5 Å². The van der Waals surface area contributed by atoms with Crippen molar-refractivity contribution < 1.29 is 32.6 Å². The number of aliphatic hydroxyl groups is 1. The fraction of sp³-hybridized carbons (Fsp3) is 0.562. The summed E-state index contributed by atoms with van der Waals surface area (Å²) in [6, 6.07) is 14.6. The van der Waals surface area contributed by atoms with Gasteiger partial charge in [-0.25, -0.2) is 13.2 Å². The maximum Gasteiger partial charge on any atom is 0.407 e. The van der Waals surface area contributed by atoms with Crippen molar-refractivity contribution in [3.05, 3.63) is 60.2 Å². The molecule has 2 fully saturated rings. The normalized spacial score (nSPS) is 19.4. The number of piperazine rings is 1. The quantitative estimate of drug-likeness (QED) is 0.282. The lowest BCUT2D eigenvalue weighted by atomic mass is 10.0. The molecule has 2 aliphatic rings. The lowest BCUT2D eigenvalue weighted by molar-refractivity contribution is -0.117. The summed E-state index contributed by atoms with van der Waals surface area (Å²) < 4.78 is 39.7. The molecule has 45 heavy (non-hydrogen) atoms. The number of amides is 2. The maximum absolute atomic E-state index is 13.9. The minimum atomic E-state index is -4.03. The van der Waals surface area contributed by atoms with Gasteiger partial charge in [-0.2, -0.15) is 4.31 Å². The van der Waals surface area contributed by atoms with Crippen LogP contribution in [0.1, 0.15) is 25.8 Å². The molecule has 2 amide bonds. The second-order valence-electron chi connectivity index (χ2n) is 12.3. The van der Waals surface area contributed by atoms with E-state index in [-0.39, 0.29) is 48.9 Å². The van der Waals surface area contributed by atoms with Crippen LogP contribution >= 0.6 is 0 Å². The highest BCUT2D eigenvalue weighted by atomic mass is 32.2. The number of alkyl carbamates (subject to hydrolysis) is 1. The molecule has 2 saturated heterocycles. The molecule has 2 heterocycles. The van der Waals surface area contributed by atoms with E-state index in [1.54, 1.807) is 12.1 Å². The van der Waals surface area contributed by atoms with Crippen LogP contribution < -0.4 is 10.6 Å². The summed E-state index contributed by atoms with van der Waals surface area (Å²) in [5, 5.41) is 17.0. The van der Waals surface area contributed by atoms with Gasteiger partial charge in [0.25, 0.3) is 0 Å². The Bertz CT molecular complexity index is 1330. The Hall–Kier alpha value is -3.07. The maximum atomic E-state index is 13.9. The monoisotopic (exact) mass is 645 g/mol. The lowest BCUT2D eigenvalue weighted by Gasteiger charge is -2.31. The standard InChI is InChI=1S/C32H47N5O7S/c1-24(2)20-37(21-30(38)29(19-25-7-5-4-6-8-25)34-32(40)44-27-13-18-43-23-27)45(41,42)28-11-9-26(10-12-28)33-31(39)22-36-16-14-35(3)15-17-36/h4-12,24,27,29-30,38H,13-23H2,1-3H3,(H,33,39)(H,34,40)/t27-,29+,30-/m0/s1. The molecule has 248 valence electrons. The van der Waals surface area contributed by atoms with Gasteiger partial charge in [0, 0.05) is 51.4 Å². The fourth-order valence-electron chi connectivity index (χ4n) is 5.38. The highest BCUT2D eigenvalue weighted by molar-refractivity contribution is 7.89. The van der Waals surface area contributed by atoms with Gasteiger partial charge in [-0.3, -0.25) is 9.69 Å². The number of nitrogens with one attached hydrogen (secondary N) is 2. The number of sulfonamides is 1. The van der Waals surface area contributed by atoms with Gasteiger partial charge in [-0.05, 0) is 49.2 Å². The van der Waals surface area contributed by atoms with E-state index in [9.17, 15) is 23.1 Å². The van der Waals surface area contributed by atoms with Crippen LogP contribution in [-0.4, -0.2) is 124 Å². The molecule has 2 aliphatic heterocycles. The van der Waals surface area contributed by atoms with Crippen molar-refractivity contribution in [3.8, 4) is 0 Å². The summed E-state index contributed by atoms with van der Waals surface area (Å²) in [5.41, 5.74) is 1.37. The summed E-state index contributed by atoms with van der Waals surface area (Å²) in [7, 11) is -1.97. The molecule has 12 nitrogen and oxygen atoms in total. The Morgan fingerprint density at radius 1 is 1.04 bits per heavy atom. The first-order chi connectivity index (χ1) is 21.5. The number of hydrogen-bond acceptors (Lipinski definition) is 9. The van der Waals surface area contributed by atoms with Crippen LogP contribution in [0.5, 0.6) is 0 Å². The Balaban J connectivity index is 1.44. The molecule has 0 spiro atoms. The lowest BCUT2D eigenvalue weighted by Crippen LogP contribution is -2.51. The van der Waals surface area contributed by atoms with Crippen molar-refractivity contribution in [1.82, 2.24) is 19.4 Å². The van der Waals surface area contributed by atoms with Crippen LogP contribution in [-0.2, 0) is 30.7 Å². The molecule has 2 aromatic rings. The summed E-state index contributed by atoms with van der Waals surface area (Å²) in [6.45, 7) is 8.26. The van der Waals surface area contributed by atoms with Crippen molar-refractivity contribution in [2.75, 3.05) is 71.4 Å². The van der Waals surface area contributed by atoms with Crippen LogP contribution in [0.3, 0.4) is 0 Å². The molecule has 0 aromatic heterocycles. The predicted molar refractivity (Wildman–Crippen MR) is 171 cm³/mol. The minimum absolute atomic E-state index is 0.0343. The molecule has 3 N–H and O–H groups in total.